The van der Waals surface area contributed by atoms with E-state index in [1.54, 1.807) is 0 Å². The summed E-state index contributed by atoms with van der Waals surface area (Å²) in [7, 11) is 0. The van der Waals surface area contributed by atoms with E-state index in [0.29, 0.717) is 0 Å². The molecule has 1 aliphatic rings. The van der Waals surface area contributed by atoms with E-state index in [1.807, 2.05) is 0 Å². The Labute approximate surface area is 246 Å². The van der Waals surface area contributed by atoms with Crippen LogP contribution in [0.25, 0.3) is 21.5 Å². The first kappa shape index (κ1) is 24.5. The van der Waals surface area contributed by atoms with Crippen molar-refractivity contribution >= 4 is 55.7 Å². The minimum Gasteiger partial charge on any atom is -0.310 e. The molecule has 7 aromatic carbocycles. The van der Waals surface area contributed by atoms with Crippen molar-refractivity contribution in [2.45, 2.75) is 12.8 Å². The maximum absolute atomic E-state index is 2.42. The Morgan fingerprint density at radius 3 is 1.33 bits per heavy atom. The number of nitrogens with zero attached hydrogens (tertiary/aromatic N) is 2. The summed E-state index contributed by atoms with van der Waals surface area (Å²) in [6.07, 6.45) is 2.03. The van der Waals surface area contributed by atoms with Gasteiger partial charge >= 0.3 is 0 Å². The van der Waals surface area contributed by atoms with Gasteiger partial charge in [-0.25, -0.2) is 0 Å². The lowest BCUT2D eigenvalue weighted by Gasteiger charge is -2.32. The molecule has 0 aliphatic heterocycles. The first-order chi connectivity index (χ1) is 20.9. The van der Waals surface area contributed by atoms with Crippen LogP contribution in [0, 0.1) is 0 Å². The Kier molecular flexibility index (Phi) is 5.97. The molecular weight excluding hydrogens is 508 g/mol. The lowest BCUT2D eigenvalue weighted by Crippen LogP contribution is -2.15. The smallest absolute Gasteiger partial charge is 0.0540 e. The van der Waals surface area contributed by atoms with E-state index in [-0.39, 0.29) is 0 Å². The second kappa shape index (κ2) is 10.2. The van der Waals surface area contributed by atoms with Crippen LogP contribution < -0.4 is 9.80 Å². The number of hydrogen-bond donors (Lipinski definition) is 0. The second-order valence-corrected chi connectivity index (χ2v) is 10.9. The molecule has 0 spiro atoms. The molecule has 0 amide bonds. The molecule has 0 bridgehead atoms. The number of benzene rings is 7. The van der Waals surface area contributed by atoms with Gasteiger partial charge < -0.3 is 9.80 Å². The average molecular weight is 539 g/mol. The lowest BCUT2D eigenvalue weighted by molar-refractivity contribution is 0.963. The normalized spacial score (nSPS) is 12.1. The molecule has 0 saturated carbocycles. The van der Waals surface area contributed by atoms with Gasteiger partial charge in [-0.15, -0.1) is 0 Å². The molecule has 0 aromatic heterocycles. The first-order valence-corrected chi connectivity index (χ1v) is 14.7. The summed E-state index contributed by atoms with van der Waals surface area (Å²) < 4.78 is 0. The van der Waals surface area contributed by atoms with Gasteiger partial charge in [0, 0.05) is 33.8 Å². The van der Waals surface area contributed by atoms with Crippen LogP contribution in [0.15, 0.2) is 158 Å². The minimum absolute atomic E-state index is 1.01. The molecule has 0 heterocycles. The number of hydrogen-bond acceptors (Lipinski definition) is 2. The van der Waals surface area contributed by atoms with Crippen LogP contribution in [0.5, 0.6) is 0 Å². The van der Waals surface area contributed by atoms with Crippen LogP contribution in [0.1, 0.15) is 11.1 Å². The molecule has 1 aliphatic carbocycles. The fourth-order valence-electron chi connectivity index (χ4n) is 6.67. The molecule has 200 valence electrons. The standard InChI is InChI=1S/C40H30N2/c1-5-13-31(14-6-1)41(32-15-7-2-8-16-32)37-27-23-29-22-26-36-38(28-24-30-21-25-35(37)39(29)40(30)36)42(33-17-9-3-10-18-33)34-19-11-4-12-20-34/h1-21,23-25,27-28H,22,26H2. The van der Waals surface area contributed by atoms with Crippen molar-refractivity contribution in [3.05, 3.63) is 169 Å². The average Bonchev–Trinajstić information content (AvgIpc) is 3.07. The zero-order valence-electron chi connectivity index (χ0n) is 23.3. The molecular formula is C40H30N2. The summed E-state index contributed by atoms with van der Waals surface area (Å²) in [4.78, 5) is 4.81. The van der Waals surface area contributed by atoms with Crippen LogP contribution in [0.4, 0.5) is 34.1 Å². The van der Waals surface area contributed by atoms with Crippen LogP contribution >= 0.6 is 0 Å². The Morgan fingerprint density at radius 1 is 0.357 bits per heavy atom. The summed E-state index contributed by atoms with van der Waals surface area (Å²) in [5, 5.41) is 5.35. The number of aryl methyl sites for hydroxylation is 2. The van der Waals surface area contributed by atoms with E-state index in [1.165, 1.54) is 55.4 Å². The summed E-state index contributed by atoms with van der Waals surface area (Å²) in [5.41, 5.74) is 9.96. The molecule has 0 unspecified atom stereocenters. The van der Waals surface area contributed by atoms with Crippen molar-refractivity contribution in [1.29, 1.82) is 0 Å². The summed E-state index contributed by atoms with van der Waals surface area (Å²) >= 11 is 0. The van der Waals surface area contributed by atoms with Gasteiger partial charge in [-0.2, -0.15) is 0 Å². The molecule has 0 saturated heterocycles. The van der Waals surface area contributed by atoms with Crippen molar-refractivity contribution in [2.24, 2.45) is 0 Å². The molecule has 8 rings (SSSR count). The predicted molar refractivity (Wildman–Crippen MR) is 178 cm³/mol. The first-order valence-electron chi connectivity index (χ1n) is 14.7. The number of anilines is 6. The van der Waals surface area contributed by atoms with E-state index in [2.05, 4.69) is 168 Å². The zero-order valence-corrected chi connectivity index (χ0v) is 23.3. The third-order valence-corrected chi connectivity index (χ3v) is 8.49. The zero-order chi connectivity index (χ0) is 27.9. The predicted octanol–water partition coefficient (Wildman–Crippen LogP) is 11.0. The highest BCUT2D eigenvalue weighted by molar-refractivity contribution is 6.17. The minimum atomic E-state index is 1.01. The van der Waals surface area contributed by atoms with E-state index in [4.69, 9.17) is 0 Å². The van der Waals surface area contributed by atoms with Crippen molar-refractivity contribution in [3.8, 4) is 0 Å². The topological polar surface area (TPSA) is 6.48 Å². The summed E-state index contributed by atoms with van der Waals surface area (Å²) in [5.74, 6) is 0. The molecule has 7 aromatic rings. The molecule has 0 N–H and O–H groups in total. The van der Waals surface area contributed by atoms with Crippen LogP contribution in [-0.2, 0) is 12.8 Å². The third-order valence-electron chi connectivity index (χ3n) is 8.49. The van der Waals surface area contributed by atoms with Gasteiger partial charge in [0.15, 0.2) is 0 Å². The lowest BCUT2D eigenvalue weighted by atomic mass is 9.84. The Balaban J connectivity index is 1.41. The monoisotopic (exact) mass is 538 g/mol. The van der Waals surface area contributed by atoms with E-state index >= 15 is 0 Å². The molecule has 0 fully saturated rings. The quantitative estimate of drug-likeness (QED) is 0.194. The van der Waals surface area contributed by atoms with Crippen LogP contribution in [0.2, 0.25) is 0 Å². The highest BCUT2D eigenvalue weighted by Crippen LogP contribution is 2.47. The molecule has 2 heteroatoms. The fourth-order valence-corrected chi connectivity index (χ4v) is 6.67. The van der Waals surface area contributed by atoms with E-state index in [9.17, 15) is 0 Å². The molecule has 2 nitrogen and oxygen atoms in total. The van der Waals surface area contributed by atoms with Crippen molar-refractivity contribution in [3.63, 3.8) is 0 Å². The number of para-hydroxylation sites is 4. The second-order valence-electron chi connectivity index (χ2n) is 10.9. The highest BCUT2D eigenvalue weighted by atomic mass is 15.1. The van der Waals surface area contributed by atoms with Gasteiger partial charge in [-0.3, -0.25) is 0 Å². The van der Waals surface area contributed by atoms with Crippen molar-refractivity contribution in [2.75, 3.05) is 9.80 Å². The van der Waals surface area contributed by atoms with Gasteiger partial charge in [0.05, 0.1) is 5.69 Å². The summed E-state index contributed by atoms with van der Waals surface area (Å²) in [6, 6.07) is 56.9. The highest BCUT2D eigenvalue weighted by Gasteiger charge is 2.25. The largest absolute Gasteiger partial charge is 0.310 e. The van der Waals surface area contributed by atoms with Crippen molar-refractivity contribution < 1.29 is 0 Å². The van der Waals surface area contributed by atoms with Gasteiger partial charge in [0.25, 0.3) is 0 Å². The van der Waals surface area contributed by atoms with Crippen LogP contribution in [-0.4, -0.2) is 0 Å². The maximum atomic E-state index is 2.42. The SMILES string of the molecule is c1ccc(N(c2ccccc2)c2ccc3ccc4c(N(c5ccccc5)c5ccccc5)ccc5c4c3c2CC5)cc1. The molecule has 0 radical (unpaired) electrons. The Bertz CT molecular complexity index is 1940. The third kappa shape index (κ3) is 4.03. The molecule has 42 heavy (non-hydrogen) atoms. The van der Waals surface area contributed by atoms with Gasteiger partial charge in [0.2, 0.25) is 0 Å². The van der Waals surface area contributed by atoms with Gasteiger partial charge in [-0.1, -0.05) is 97.1 Å². The van der Waals surface area contributed by atoms with E-state index in [0.717, 1.165) is 24.2 Å². The van der Waals surface area contributed by atoms with Crippen molar-refractivity contribution in [1.82, 2.24) is 0 Å². The summed E-state index contributed by atoms with van der Waals surface area (Å²) in [6.45, 7) is 0. The van der Waals surface area contributed by atoms with Gasteiger partial charge in [-0.05, 0) is 101 Å². The van der Waals surface area contributed by atoms with Gasteiger partial charge in [0.1, 0.15) is 0 Å². The van der Waals surface area contributed by atoms with E-state index < -0.39 is 0 Å². The Hall–Kier alpha value is -5.34. The fraction of sp³-hybridized carbons (Fsp3) is 0.0500. The Morgan fingerprint density at radius 2 is 0.810 bits per heavy atom. The van der Waals surface area contributed by atoms with Crippen LogP contribution in [0.3, 0.4) is 0 Å². The maximum Gasteiger partial charge on any atom is 0.0540 e. The number of rotatable bonds is 6. The molecule has 0 atom stereocenters.